The van der Waals surface area contributed by atoms with Gasteiger partial charge in [-0.1, -0.05) is 27.2 Å². The van der Waals surface area contributed by atoms with E-state index in [9.17, 15) is 9.59 Å². The Kier molecular flexibility index (Phi) is 13.4. The summed E-state index contributed by atoms with van der Waals surface area (Å²) in [6.07, 6.45) is 8.63. The normalized spacial score (nSPS) is 20.0. The van der Waals surface area contributed by atoms with Gasteiger partial charge in [0.1, 0.15) is 5.78 Å². The summed E-state index contributed by atoms with van der Waals surface area (Å²) in [5, 5.41) is 3.03. The molecule has 1 aliphatic carbocycles. The lowest BCUT2D eigenvalue weighted by Crippen LogP contribution is -2.35. The van der Waals surface area contributed by atoms with Crippen LogP contribution in [0.3, 0.4) is 0 Å². The minimum Gasteiger partial charge on any atom is -0.381 e. The van der Waals surface area contributed by atoms with Gasteiger partial charge >= 0.3 is 0 Å². The highest BCUT2D eigenvalue weighted by atomic mass is 16.5. The molecule has 1 amide bonds. The van der Waals surface area contributed by atoms with Crippen LogP contribution in [0.25, 0.3) is 0 Å². The van der Waals surface area contributed by atoms with Crippen LogP contribution in [0.1, 0.15) is 80.0 Å². The maximum Gasteiger partial charge on any atom is 0.223 e. The van der Waals surface area contributed by atoms with Crippen LogP contribution < -0.4 is 5.32 Å². The van der Waals surface area contributed by atoms with Crippen LogP contribution in [-0.2, 0) is 19.1 Å². The topological polar surface area (TPSA) is 64.6 Å². The second-order valence-electron chi connectivity index (χ2n) is 8.04. The Hall–Kier alpha value is -0.940. The number of hydrogen-bond acceptors (Lipinski definition) is 4. The van der Waals surface area contributed by atoms with Gasteiger partial charge in [-0.05, 0) is 51.4 Å². The van der Waals surface area contributed by atoms with Gasteiger partial charge in [-0.2, -0.15) is 0 Å². The molecule has 1 aliphatic rings. The van der Waals surface area contributed by atoms with E-state index in [1.165, 1.54) is 6.42 Å². The van der Waals surface area contributed by atoms with Gasteiger partial charge in [-0.25, -0.2) is 0 Å². The molecule has 1 saturated carbocycles. The highest BCUT2D eigenvalue weighted by molar-refractivity contribution is 5.83. The molecule has 1 fully saturated rings. The van der Waals surface area contributed by atoms with Gasteiger partial charge in [-0.15, -0.1) is 0 Å². The van der Waals surface area contributed by atoms with Gasteiger partial charge in [0.2, 0.25) is 5.91 Å². The van der Waals surface area contributed by atoms with Crippen molar-refractivity contribution in [1.29, 1.82) is 0 Å². The zero-order chi connectivity index (χ0) is 19.9. The summed E-state index contributed by atoms with van der Waals surface area (Å²) in [5.74, 6) is 0.858. The lowest BCUT2D eigenvalue weighted by molar-refractivity contribution is -0.130. The minimum absolute atomic E-state index is 0. The maximum atomic E-state index is 12.2. The number of unbranched alkanes of at least 4 members (excludes halogenated alkanes) is 2. The van der Waals surface area contributed by atoms with Crippen LogP contribution in [0, 0.1) is 17.8 Å². The number of ether oxygens (including phenoxy) is 2. The Morgan fingerprint density at radius 2 is 1.41 bits per heavy atom. The molecule has 0 aromatic rings. The Morgan fingerprint density at radius 1 is 0.889 bits per heavy atom. The molecule has 5 nitrogen and oxygen atoms in total. The van der Waals surface area contributed by atoms with Crippen molar-refractivity contribution in [2.75, 3.05) is 33.0 Å². The van der Waals surface area contributed by atoms with E-state index in [0.29, 0.717) is 18.9 Å². The average Bonchev–Trinajstić information content (AvgIpc) is 2.68. The molecule has 0 spiro atoms. The molecule has 0 radical (unpaired) electrons. The first-order valence-corrected chi connectivity index (χ1v) is 11.0. The molecule has 0 heterocycles. The molecule has 160 valence electrons. The zero-order valence-corrected chi connectivity index (χ0v) is 17.8. The fraction of sp³-hybridized carbons (Fsp3) is 0.909. The summed E-state index contributed by atoms with van der Waals surface area (Å²) in [4.78, 5) is 24.3. The van der Waals surface area contributed by atoms with Crippen molar-refractivity contribution in [3.63, 3.8) is 0 Å². The van der Waals surface area contributed by atoms with E-state index in [1.807, 2.05) is 13.8 Å². The first-order valence-electron chi connectivity index (χ1n) is 11.0. The lowest BCUT2D eigenvalue weighted by Gasteiger charge is -2.27. The smallest absolute Gasteiger partial charge is 0.223 e. The SMILES string of the molecule is CCCCOCCCCOCCCNC(=O)C1CCC(C(=O)C(C)C)CC1.[HH]. The number of nitrogens with one attached hydrogen (secondary N) is 1. The summed E-state index contributed by atoms with van der Waals surface area (Å²) in [7, 11) is 0. The molecule has 0 atom stereocenters. The summed E-state index contributed by atoms with van der Waals surface area (Å²) in [5.41, 5.74) is 0. The molecule has 0 unspecified atom stereocenters. The highest BCUT2D eigenvalue weighted by Crippen LogP contribution is 2.31. The summed E-state index contributed by atoms with van der Waals surface area (Å²) in [6, 6.07) is 0. The predicted molar refractivity (Wildman–Crippen MR) is 111 cm³/mol. The van der Waals surface area contributed by atoms with Crippen molar-refractivity contribution in [2.45, 2.75) is 78.6 Å². The standard InChI is InChI=1S/C22H41NO4.H2/c1-4-5-14-26-15-6-7-16-27-17-8-13-23-22(25)20-11-9-19(10-12-20)21(24)18(2)3;/h18-20H,4-17H2,1-3H3,(H,23,25);1H. The van der Waals surface area contributed by atoms with E-state index in [1.54, 1.807) is 0 Å². The fourth-order valence-electron chi connectivity index (χ4n) is 3.50. The van der Waals surface area contributed by atoms with Gasteiger partial charge in [0.15, 0.2) is 0 Å². The van der Waals surface area contributed by atoms with Gasteiger partial charge in [0, 0.05) is 52.2 Å². The van der Waals surface area contributed by atoms with E-state index in [2.05, 4.69) is 12.2 Å². The molecule has 5 heteroatoms. The predicted octanol–water partition coefficient (Wildman–Crippen LogP) is 4.38. The van der Waals surface area contributed by atoms with Crippen molar-refractivity contribution in [2.24, 2.45) is 17.8 Å². The van der Waals surface area contributed by atoms with E-state index < -0.39 is 0 Å². The second-order valence-corrected chi connectivity index (χ2v) is 8.04. The Bertz CT molecular complexity index is 409. The van der Waals surface area contributed by atoms with E-state index in [4.69, 9.17) is 9.47 Å². The number of carbonyl (C=O) groups excluding carboxylic acids is 2. The maximum absolute atomic E-state index is 12.2. The fourth-order valence-corrected chi connectivity index (χ4v) is 3.50. The zero-order valence-electron chi connectivity index (χ0n) is 17.8. The molecule has 1 rings (SSSR count). The quantitative estimate of drug-likeness (QED) is 0.425. The number of carbonyl (C=O) groups is 2. The molecule has 0 saturated heterocycles. The van der Waals surface area contributed by atoms with Gasteiger partial charge in [0.05, 0.1) is 0 Å². The summed E-state index contributed by atoms with van der Waals surface area (Å²) < 4.78 is 11.1. The largest absolute Gasteiger partial charge is 0.381 e. The third-order valence-electron chi connectivity index (χ3n) is 5.30. The van der Waals surface area contributed by atoms with Crippen LogP contribution >= 0.6 is 0 Å². The molecular weight excluding hydrogens is 342 g/mol. The Labute approximate surface area is 167 Å². The first-order chi connectivity index (χ1) is 13.1. The number of ketones is 1. The number of hydrogen-bond donors (Lipinski definition) is 1. The number of Topliss-reactive ketones (excluding diaryl/α,β-unsaturated/α-hetero) is 1. The van der Waals surface area contributed by atoms with Crippen LogP contribution in [0.5, 0.6) is 0 Å². The molecule has 27 heavy (non-hydrogen) atoms. The molecule has 1 N–H and O–H groups in total. The van der Waals surface area contributed by atoms with E-state index >= 15 is 0 Å². The number of rotatable bonds is 15. The average molecular weight is 386 g/mol. The van der Waals surface area contributed by atoms with Gasteiger partial charge in [0.25, 0.3) is 0 Å². The minimum atomic E-state index is 0. The van der Waals surface area contributed by atoms with Crippen LogP contribution in [-0.4, -0.2) is 44.7 Å². The van der Waals surface area contributed by atoms with Crippen LogP contribution in [0.2, 0.25) is 0 Å². The Balaban J connectivity index is 0.00000729. The molecule has 0 aliphatic heterocycles. The summed E-state index contributed by atoms with van der Waals surface area (Å²) >= 11 is 0. The second kappa shape index (κ2) is 15.0. The first kappa shape index (κ1) is 24.1. The van der Waals surface area contributed by atoms with Gasteiger partial charge in [-0.3, -0.25) is 9.59 Å². The Morgan fingerprint density at radius 3 is 1.96 bits per heavy atom. The van der Waals surface area contributed by atoms with Gasteiger partial charge < -0.3 is 14.8 Å². The van der Waals surface area contributed by atoms with Crippen molar-refractivity contribution < 1.29 is 20.5 Å². The van der Waals surface area contributed by atoms with Crippen LogP contribution in [0.15, 0.2) is 0 Å². The molecule has 0 aromatic carbocycles. The van der Waals surface area contributed by atoms with Crippen molar-refractivity contribution in [3.05, 3.63) is 0 Å². The summed E-state index contributed by atoms with van der Waals surface area (Å²) in [6.45, 7) is 9.90. The van der Waals surface area contributed by atoms with Crippen molar-refractivity contribution in [3.8, 4) is 0 Å². The molecule has 0 bridgehead atoms. The van der Waals surface area contributed by atoms with E-state index in [-0.39, 0.29) is 25.1 Å². The van der Waals surface area contributed by atoms with Crippen molar-refractivity contribution >= 4 is 11.7 Å². The highest BCUT2D eigenvalue weighted by Gasteiger charge is 2.30. The molecular formula is C22H43NO4. The third kappa shape index (κ3) is 10.8. The monoisotopic (exact) mass is 385 g/mol. The van der Waals surface area contributed by atoms with E-state index in [0.717, 1.165) is 71.2 Å². The van der Waals surface area contributed by atoms with Crippen LogP contribution in [0.4, 0.5) is 0 Å². The third-order valence-corrected chi connectivity index (χ3v) is 5.30. The van der Waals surface area contributed by atoms with Crippen molar-refractivity contribution in [1.82, 2.24) is 5.32 Å². The lowest BCUT2D eigenvalue weighted by atomic mass is 9.77. The number of amides is 1. The molecule has 0 aromatic heterocycles.